The number of halogens is 1. The van der Waals surface area contributed by atoms with Crippen LogP contribution in [0, 0.1) is 13.8 Å². The van der Waals surface area contributed by atoms with E-state index in [1.807, 2.05) is 25.5 Å². The smallest absolute Gasteiger partial charge is 0.316 e. The van der Waals surface area contributed by atoms with Crippen molar-refractivity contribution in [3.8, 4) is 11.5 Å². The Hall–Kier alpha value is -2.58. The van der Waals surface area contributed by atoms with Crippen LogP contribution >= 0.6 is 23.4 Å². The van der Waals surface area contributed by atoms with Crippen LogP contribution in [0.4, 0.5) is 0 Å². The molecule has 1 aromatic carbocycles. The number of hydrogen-bond donors (Lipinski definition) is 0. The summed E-state index contributed by atoms with van der Waals surface area (Å²) in [6.45, 7) is 3.46. The van der Waals surface area contributed by atoms with E-state index in [0.29, 0.717) is 16.5 Å². The van der Waals surface area contributed by atoms with Gasteiger partial charge in [-0.05, 0) is 44.2 Å². The first-order valence-electron chi connectivity index (χ1n) is 8.39. The molecule has 0 saturated carbocycles. The molecule has 28 heavy (non-hydrogen) atoms. The molecule has 2 heterocycles. The molecule has 3 rings (SSSR count). The number of benzene rings is 1. The van der Waals surface area contributed by atoms with Gasteiger partial charge < -0.3 is 13.7 Å². The number of rotatable bonds is 7. The van der Waals surface area contributed by atoms with Crippen LogP contribution in [0.15, 0.2) is 40.0 Å². The lowest BCUT2D eigenvalue weighted by molar-refractivity contribution is -0.139. The van der Waals surface area contributed by atoms with Crippen LogP contribution in [0.2, 0.25) is 5.02 Å². The Balaban J connectivity index is 1.50. The first kappa shape index (κ1) is 20.2. The topological polar surface area (TPSA) is 87.2 Å². The van der Waals surface area contributed by atoms with Crippen molar-refractivity contribution in [1.29, 1.82) is 0 Å². The Morgan fingerprint density at radius 2 is 1.93 bits per heavy atom. The second-order valence-electron chi connectivity index (χ2n) is 6.10. The molecule has 0 atom stereocenters. The largest absolute Gasteiger partial charge is 0.457 e. The summed E-state index contributed by atoms with van der Waals surface area (Å²) in [5.41, 5.74) is 3.10. The summed E-state index contributed by atoms with van der Waals surface area (Å²) in [6.07, 6.45) is 0. The molecular weight excluding hydrogens is 402 g/mol. The van der Waals surface area contributed by atoms with Crippen LogP contribution in [0.25, 0.3) is 11.5 Å². The second kappa shape index (κ2) is 8.62. The average Bonchev–Trinajstić information content (AvgIpc) is 3.25. The summed E-state index contributed by atoms with van der Waals surface area (Å²) in [7, 11) is 1.88. The van der Waals surface area contributed by atoms with Gasteiger partial charge in [-0.3, -0.25) is 9.59 Å². The number of carbonyl (C=O) groups excluding carboxylic acids is 2. The Bertz CT molecular complexity index is 1010. The van der Waals surface area contributed by atoms with Crippen molar-refractivity contribution in [2.24, 2.45) is 7.05 Å². The Morgan fingerprint density at radius 3 is 2.57 bits per heavy atom. The van der Waals surface area contributed by atoms with Gasteiger partial charge in [0.1, 0.15) is 5.75 Å². The van der Waals surface area contributed by atoms with E-state index >= 15 is 0 Å². The quantitative estimate of drug-likeness (QED) is 0.326. The van der Waals surface area contributed by atoms with Gasteiger partial charge in [0.2, 0.25) is 11.7 Å². The van der Waals surface area contributed by atoms with Crippen LogP contribution in [0.1, 0.15) is 21.7 Å². The summed E-state index contributed by atoms with van der Waals surface area (Å²) in [4.78, 5) is 24.2. The molecule has 0 N–H and O–H groups in total. The molecule has 3 aromatic rings. The standard InChI is InChI=1S/C19H18ClN3O4S/c1-11-8-15(12(2)23(11)3)16(24)9-26-17(25)10-28-19-22-21-18(27-19)13-4-6-14(20)7-5-13/h4-8H,9-10H2,1-3H3. The number of ketones is 1. The third-order valence-corrected chi connectivity index (χ3v) is 5.29. The number of Topliss-reactive ketones (excluding diaryl/α,β-unsaturated/α-hetero) is 1. The molecule has 0 unspecified atom stereocenters. The van der Waals surface area contributed by atoms with Gasteiger partial charge in [0.25, 0.3) is 5.22 Å². The number of thioether (sulfide) groups is 1. The fourth-order valence-electron chi connectivity index (χ4n) is 2.50. The third kappa shape index (κ3) is 4.63. The maximum Gasteiger partial charge on any atom is 0.316 e. The first-order chi connectivity index (χ1) is 13.3. The molecule has 0 aliphatic carbocycles. The molecule has 0 aliphatic rings. The van der Waals surface area contributed by atoms with Gasteiger partial charge >= 0.3 is 5.97 Å². The van der Waals surface area contributed by atoms with Crippen LogP contribution in [0.5, 0.6) is 0 Å². The molecule has 0 spiro atoms. The zero-order valence-electron chi connectivity index (χ0n) is 15.6. The highest BCUT2D eigenvalue weighted by atomic mass is 35.5. The molecule has 7 nitrogen and oxygen atoms in total. The number of hydrogen-bond acceptors (Lipinski definition) is 7. The molecule has 0 saturated heterocycles. The van der Waals surface area contributed by atoms with Crippen LogP contribution in [-0.2, 0) is 16.6 Å². The fraction of sp³-hybridized carbons (Fsp3) is 0.263. The number of nitrogens with zero attached hydrogens (tertiary/aromatic N) is 3. The van der Waals surface area contributed by atoms with E-state index in [1.54, 1.807) is 30.3 Å². The zero-order valence-corrected chi connectivity index (χ0v) is 17.1. The predicted molar refractivity (Wildman–Crippen MR) is 106 cm³/mol. The summed E-state index contributed by atoms with van der Waals surface area (Å²) in [6, 6.07) is 8.75. The van der Waals surface area contributed by atoms with Crippen molar-refractivity contribution >= 4 is 35.1 Å². The van der Waals surface area contributed by atoms with Crippen molar-refractivity contribution in [3.05, 3.63) is 52.3 Å². The lowest BCUT2D eigenvalue weighted by Gasteiger charge is -2.04. The Kier molecular flexibility index (Phi) is 6.21. The number of carbonyl (C=O) groups is 2. The van der Waals surface area contributed by atoms with Crippen molar-refractivity contribution in [1.82, 2.24) is 14.8 Å². The number of aromatic nitrogens is 3. The molecule has 0 radical (unpaired) electrons. The van der Waals surface area contributed by atoms with E-state index in [0.717, 1.165) is 28.7 Å². The van der Waals surface area contributed by atoms with Gasteiger partial charge in [0.15, 0.2) is 6.61 Å². The monoisotopic (exact) mass is 419 g/mol. The zero-order chi connectivity index (χ0) is 20.3. The lowest BCUT2D eigenvalue weighted by Crippen LogP contribution is -2.16. The predicted octanol–water partition coefficient (Wildman–Crippen LogP) is 3.86. The van der Waals surface area contributed by atoms with Crippen molar-refractivity contribution < 1.29 is 18.7 Å². The van der Waals surface area contributed by atoms with E-state index < -0.39 is 5.97 Å². The van der Waals surface area contributed by atoms with E-state index in [4.69, 9.17) is 20.8 Å². The second-order valence-corrected chi connectivity index (χ2v) is 7.46. The number of ether oxygens (including phenoxy) is 1. The summed E-state index contributed by atoms with van der Waals surface area (Å²) in [5, 5.41) is 8.67. The molecule has 146 valence electrons. The van der Waals surface area contributed by atoms with Gasteiger partial charge in [-0.25, -0.2) is 0 Å². The molecule has 9 heteroatoms. The highest BCUT2D eigenvalue weighted by Crippen LogP contribution is 2.24. The third-order valence-electron chi connectivity index (χ3n) is 4.25. The van der Waals surface area contributed by atoms with Gasteiger partial charge in [0, 0.05) is 34.6 Å². The highest BCUT2D eigenvalue weighted by Gasteiger charge is 2.17. The van der Waals surface area contributed by atoms with Crippen molar-refractivity contribution in [2.45, 2.75) is 19.1 Å². The van der Waals surface area contributed by atoms with E-state index in [2.05, 4.69) is 10.2 Å². The molecule has 0 amide bonds. The number of esters is 1. The van der Waals surface area contributed by atoms with Crippen molar-refractivity contribution in [2.75, 3.05) is 12.4 Å². The maximum atomic E-state index is 12.2. The fourth-order valence-corrected chi connectivity index (χ4v) is 3.19. The van der Waals surface area contributed by atoms with Crippen molar-refractivity contribution in [3.63, 3.8) is 0 Å². The molecule has 0 bridgehead atoms. The minimum Gasteiger partial charge on any atom is -0.457 e. The van der Waals surface area contributed by atoms with Crippen LogP contribution in [-0.4, -0.2) is 38.9 Å². The molecule has 2 aromatic heterocycles. The van der Waals surface area contributed by atoms with Gasteiger partial charge in [-0.2, -0.15) is 0 Å². The van der Waals surface area contributed by atoms with Crippen LogP contribution in [0.3, 0.4) is 0 Å². The molecular formula is C19H18ClN3O4S. The van der Waals surface area contributed by atoms with E-state index in [-0.39, 0.29) is 23.4 Å². The highest BCUT2D eigenvalue weighted by molar-refractivity contribution is 7.99. The normalized spacial score (nSPS) is 10.9. The Labute approximate surface area is 171 Å². The van der Waals surface area contributed by atoms with Gasteiger partial charge in [-0.1, -0.05) is 23.4 Å². The summed E-state index contributed by atoms with van der Waals surface area (Å²) < 4.78 is 12.5. The number of aryl methyl sites for hydroxylation is 1. The maximum absolute atomic E-state index is 12.2. The first-order valence-corrected chi connectivity index (χ1v) is 9.75. The summed E-state index contributed by atoms with van der Waals surface area (Å²) in [5.74, 6) is -0.475. The van der Waals surface area contributed by atoms with Gasteiger partial charge in [0.05, 0.1) is 0 Å². The summed E-state index contributed by atoms with van der Waals surface area (Å²) >= 11 is 6.90. The Morgan fingerprint density at radius 1 is 1.21 bits per heavy atom. The lowest BCUT2D eigenvalue weighted by atomic mass is 10.1. The molecule has 0 fully saturated rings. The SMILES string of the molecule is Cc1cc(C(=O)COC(=O)CSc2nnc(-c3ccc(Cl)cc3)o2)c(C)n1C. The van der Waals surface area contributed by atoms with Crippen LogP contribution < -0.4 is 0 Å². The molecule has 0 aliphatic heterocycles. The van der Waals surface area contributed by atoms with E-state index in [9.17, 15) is 9.59 Å². The van der Waals surface area contributed by atoms with Gasteiger partial charge in [-0.15, -0.1) is 10.2 Å². The van der Waals surface area contributed by atoms with E-state index in [1.165, 1.54) is 0 Å². The minimum atomic E-state index is -0.533. The minimum absolute atomic E-state index is 0.0394. The average molecular weight is 420 g/mol.